The first-order valence-electron chi connectivity index (χ1n) is 5.47. The fraction of sp³-hybridized carbons (Fsp3) is 1.00. The molecule has 0 saturated carbocycles. The zero-order valence-corrected chi connectivity index (χ0v) is 9.55. The largest absolute Gasteiger partial charge is 0.377 e. The average molecular weight is 187 g/mol. The Labute approximate surface area is 82.8 Å². The standard InChI is InChI=1S/C11H25NO/c1-5-10(6-2)7-11(12)8-13-9(3)4/h9-11H,5-8,12H2,1-4H3. The summed E-state index contributed by atoms with van der Waals surface area (Å²) in [5, 5.41) is 0. The molecule has 2 nitrogen and oxygen atoms in total. The second-order valence-corrected chi connectivity index (χ2v) is 4.06. The van der Waals surface area contributed by atoms with Crippen LogP contribution in [-0.4, -0.2) is 18.8 Å². The van der Waals surface area contributed by atoms with Crippen molar-refractivity contribution >= 4 is 0 Å². The van der Waals surface area contributed by atoms with E-state index in [1.807, 2.05) is 13.8 Å². The van der Waals surface area contributed by atoms with Crippen molar-refractivity contribution in [1.29, 1.82) is 0 Å². The molecule has 0 aromatic carbocycles. The van der Waals surface area contributed by atoms with Gasteiger partial charge in [-0.15, -0.1) is 0 Å². The Morgan fingerprint density at radius 2 is 1.69 bits per heavy atom. The Bertz CT molecular complexity index is 111. The smallest absolute Gasteiger partial charge is 0.0621 e. The first kappa shape index (κ1) is 12.9. The molecular weight excluding hydrogens is 162 g/mol. The summed E-state index contributed by atoms with van der Waals surface area (Å²) in [6.07, 6.45) is 3.85. The molecule has 0 heterocycles. The highest BCUT2D eigenvalue weighted by Crippen LogP contribution is 2.14. The molecule has 0 aromatic heterocycles. The summed E-state index contributed by atoms with van der Waals surface area (Å²) in [7, 11) is 0. The van der Waals surface area contributed by atoms with Crippen LogP contribution in [0.15, 0.2) is 0 Å². The van der Waals surface area contributed by atoms with Crippen molar-refractivity contribution in [1.82, 2.24) is 0 Å². The van der Waals surface area contributed by atoms with E-state index in [9.17, 15) is 0 Å². The van der Waals surface area contributed by atoms with Gasteiger partial charge in [-0.1, -0.05) is 26.7 Å². The molecule has 0 aliphatic heterocycles. The van der Waals surface area contributed by atoms with Crippen LogP contribution in [0, 0.1) is 5.92 Å². The molecule has 2 N–H and O–H groups in total. The van der Waals surface area contributed by atoms with Gasteiger partial charge in [0.25, 0.3) is 0 Å². The molecule has 0 radical (unpaired) electrons. The first-order chi connectivity index (χ1) is 6.10. The average Bonchev–Trinajstić information content (AvgIpc) is 2.10. The van der Waals surface area contributed by atoms with Gasteiger partial charge in [-0.2, -0.15) is 0 Å². The predicted molar refractivity (Wildman–Crippen MR) is 57.8 cm³/mol. The summed E-state index contributed by atoms with van der Waals surface area (Å²) < 4.78 is 5.47. The maximum absolute atomic E-state index is 5.95. The normalized spacial score (nSPS) is 14.1. The van der Waals surface area contributed by atoms with Gasteiger partial charge in [0, 0.05) is 6.04 Å². The molecule has 1 unspecified atom stereocenters. The molecule has 0 aliphatic carbocycles. The van der Waals surface area contributed by atoms with Crippen molar-refractivity contribution in [2.75, 3.05) is 6.61 Å². The summed E-state index contributed by atoms with van der Waals surface area (Å²) in [4.78, 5) is 0. The molecule has 0 saturated heterocycles. The lowest BCUT2D eigenvalue weighted by Crippen LogP contribution is -2.30. The fourth-order valence-electron chi connectivity index (χ4n) is 1.43. The van der Waals surface area contributed by atoms with Gasteiger partial charge < -0.3 is 10.5 Å². The van der Waals surface area contributed by atoms with Crippen molar-refractivity contribution in [2.24, 2.45) is 11.7 Å². The quantitative estimate of drug-likeness (QED) is 0.665. The lowest BCUT2D eigenvalue weighted by molar-refractivity contribution is 0.0636. The minimum Gasteiger partial charge on any atom is -0.377 e. The molecule has 0 aliphatic rings. The van der Waals surface area contributed by atoms with E-state index in [1.54, 1.807) is 0 Å². The number of hydrogen-bond acceptors (Lipinski definition) is 2. The molecule has 0 bridgehead atoms. The Kier molecular flexibility index (Phi) is 7.29. The molecule has 13 heavy (non-hydrogen) atoms. The minimum atomic E-state index is 0.215. The second-order valence-electron chi connectivity index (χ2n) is 4.06. The number of rotatable bonds is 7. The maximum Gasteiger partial charge on any atom is 0.0621 e. The van der Waals surface area contributed by atoms with Crippen molar-refractivity contribution in [3.8, 4) is 0 Å². The van der Waals surface area contributed by atoms with Crippen molar-refractivity contribution in [3.05, 3.63) is 0 Å². The van der Waals surface area contributed by atoms with E-state index in [0.717, 1.165) is 12.3 Å². The van der Waals surface area contributed by atoms with Crippen LogP contribution < -0.4 is 5.73 Å². The highest BCUT2D eigenvalue weighted by Gasteiger charge is 2.10. The summed E-state index contributed by atoms with van der Waals surface area (Å²) in [6, 6.07) is 0.215. The van der Waals surface area contributed by atoms with Crippen molar-refractivity contribution in [2.45, 2.75) is 59.1 Å². The van der Waals surface area contributed by atoms with Crippen molar-refractivity contribution in [3.63, 3.8) is 0 Å². The van der Waals surface area contributed by atoms with Crippen LogP contribution in [0.2, 0.25) is 0 Å². The van der Waals surface area contributed by atoms with E-state index < -0.39 is 0 Å². The molecular formula is C11H25NO. The van der Waals surface area contributed by atoms with Crippen LogP contribution in [0.4, 0.5) is 0 Å². The molecule has 2 heteroatoms. The maximum atomic E-state index is 5.95. The highest BCUT2D eigenvalue weighted by molar-refractivity contribution is 4.66. The highest BCUT2D eigenvalue weighted by atomic mass is 16.5. The Morgan fingerprint density at radius 3 is 2.08 bits per heavy atom. The molecule has 0 fully saturated rings. The molecule has 0 spiro atoms. The molecule has 0 aromatic rings. The zero-order chi connectivity index (χ0) is 10.3. The van der Waals surface area contributed by atoms with Gasteiger partial charge in [-0.25, -0.2) is 0 Å². The van der Waals surface area contributed by atoms with E-state index in [1.165, 1.54) is 12.8 Å². The van der Waals surface area contributed by atoms with Crippen LogP contribution >= 0.6 is 0 Å². The Balaban J connectivity index is 3.53. The van der Waals surface area contributed by atoms with Crippen LogP contribution in [0.5, 0.6) is 0 Å². The molecule has 80 valence electrons. The lowest BCUT2D eigenvalue weighted by Gasteiger charge is -2.19. The van der Waals surface area contributed by atoms with Gasteiger partial charge >= 0.3 is 0 Å². The van der Waals surface area contributed by atoms with Gasteiger partial charge in [0.2, 0.25) is 0 Å². The summed E-state index contributed by atoms with van der Waals surface area (Å²) in [5.41, 5.74) is 5.95. The van der Waals surface area contributed by atoms with Gasteiger partial charge in [-0.05, 0) is 26.2 Å². The van der Waals surface area contributed by atoms with Gasteiger partial charge in [-0.3, -0.25) is 0 Å². The molecule has 1 atom stereocenters. The number of nitrogens with two attached hydrogens (primary N) is 1. The third-order valence-corrected chi connectivity index (χ3v) is 2.43. The van der Waals surface area contributed by atoms with Gasteiger partial charge in [0.05, 0.1) is 12.7 Å². The van der Waals surface area contributed by atoms with E-state index in [0.29, 0.717) is 12.7 Å². The van der Waals surface area contributed by atoms with E-state index in [4.69, 9.17) is 10.5 Å². The minimum absolute atomic E-state index is 0.215. The van der Waals surface area contributed by atoms with Crippen LogP contribution in [0.3, 0.4) is 0 Å². The fourth-order valence-corrected chi connectivity index (χ4v) is 1.43. The number of ether oxygens (including phenoxy) is 1. The van der Waals surface area contributed by atoms with E-state index in [-0.39, 0.29) is 6.04 Å². The van der Waals surface area contributed by atoms with Crippen molar-refractivity contribution < 1.29 is 4.74 Å². The third kappa shape index (κ3) is 7.03. The zero-order valence-electron chi connectivity index (χ0n) is 9.55. The van der Waals surface area contributed by atoms with Crippen LogP contribution in [-0.2, 0) is 4.74 Å². The number of hydrogen-bond donors (Lipinski definition) is 1. The van der Waals surface area contributed by atoms with E-state index >= 15 is 0 Å². The first-order valence-corrected chi connectivity index (χ1v) is 5.47. The van der Waals surface area contributed by atoms with Crippen LogP contribution in [0.1, 0.15) is 47.0 Å². The molecule has 0 amide bonds. The lowest BCUT2D eigenvalue weighted by atomic mass is 9.95. The third-order valence-electron chi connectivity index (χ3n) is 2.43. The SMILES string of the molecule is CCC(CC)CC(N)COC(C)C. The summed E-state index contributed by atoms with van der Waals surface area (Å²) in [6.45, 7) is 9.25. The van der Waals surface area contributed by atoms with Crippen LogP contribution in [0.25, 0.3) is 0 Å². The summed E-state index contributed by atoms with van der Waals surface area (Å²) >= 11 is 0. The Hall–Kier alpha value is -0.0800. The second kappa shape index (κ2) is 7.34. The topological polar surface area (TPSA) is 35.2 Å². The van der Waals surface area contributed by atoms with E-state index in [2.05, 4.69) is 13.8 Å². The summed E-state index contributed by atoms with van der Waals surface area (Å²) in [5.74, 6) is 0.769. The monoisotopic (exact) mass is 187 g/mol. The Morgan fingerprint density at radius 1 is 1.15 bits per heavy atom. The molecule has 0 rings (SSSR count). The van der Waals surface area contributed by atoms with Gasteiger partial charge in [0.1, 0.15) is 0 Å². The van der Waals surface area contributed by atoms with Gasteiger partial charge in [0.15, 0.2) is 0 Å². The predicted octanol–water partition coefficient (Wildman–Crippen LogP) is 2.57.